The third kappa shape index (κ3) is 5.09. The van der Waals surface area contributed by atoms with Crippen LogP contribution in [0.2, 0.25) is 0 Å². The van der Waals surface area contributed by atoms with Gasteiger partial charge in [-0.05, 0) is 17.2 Å². The van der Waals surface area contributed by atoms with Crippen molar-refractivity contribution in [1.82, 2.24) is 4.98 Å². The minimum Gasteiger partial charge on any atom is -1.00 e. The van der Waals surface area contributed by atoms with Crippen molar-refractivity contribution in [2.75, 3.05) is 11.4 Å². The van der Waals surface area contributed by atoms with E-state index in [9.17, 15) is 5.11 Å². The van der Waals surface area contributed by atoms with E-state index in [2.05, 4.69) is 45.6 Å². The van der Waals surface area contributed by atoms with Crippen LogP contribution >= 0.6 is 0 Å². The fraction of sp³-hybridized carbons (Fsp3) is 0.462. The van der Waals surface area contributed by atoms with Crippen LogP contribution in [0.4, 0.5) is 5.95 Å². The van der Waals surface area contributed by atoms with Gasteiger partial charge >= 0.3 is 5.95 Å². The second kappa shape index (κ2) is 11.1. The summed E-state index contributed by atoms with van der Waals surface area (Å²) in [5.41, 5.74) is -0.116. The number of unbranched alkanes of at least 4 members (excludes halogenated alkanes) is 7. The number of hydrogen-bond acceptors (Lipinski definition) is 3. The Bertz CT molecular complexity index is 974. The molecule has 0 radical (unpaired) electrons. The van der Waals surface area contributed by atoms with Gasteiger partial charge < -0.3 is 22.1 Å². The highest BCUT2D eigenvalue weighted by Gasteiger charge is 2.51. The monoisotopic (exact) mass is 483 g/mol. The molecule has 1 aliphatic rings. The molecule has 0 fully saturated rings. The molecule has 1 aliphatic heterocycles. The summed E-state index contributed by atoms with van der Waals surface area (Å²) < 4.78 is 2.08. The first-order valence-electron chi connectivity index (χ1n) is 11.6. The first-order chi connectivity index (χ1) is 14.7. The van der Waals surface area contributed by atoms with Crippen LogP contribution in [0.5, 0.6) is 0 Å². The Morgan fingerprint density at radius 2 is 1.65 bits per heavy atom. The van der Waals surface area contributed by atoms with Gasteiger partial charge in [0.1, 0.15) is 12.7 Å². The summed E-state index contributed by atoms with van der Waals surface area (Å²) in [6, 6.07) is 16.5. The molecular weight excluding hydrogens is 450 g/mol. The summed E-state index contributed by atoms with van der Waals surface area (Å²) in [5.74, 6) is 0.857. The van der Waals surface area contributed by atoms with Crippen LogP contribution in [-0.2, 0) is 12.3 Å². The molecule has 166 valence electrons. The van der Waals surface area contributed by atoms with E-state index in [-0.39, 0.29) is 17.0 Å². The summed E-state index contributed by atoms with van der Waals surface area (Å²) in [7, 11) is 0. The predicted molar refractivity (Wildman–Crippen MR) is 122 cm³/mol. The van der Waals surface area contributed by atoms with Crippen molar-refractivity contribution in [2.45, 2.75) is 70.6 Å². The van der Waals surface area contributed by atoms with Gasteiger partial charge in [-0.25, -0.2) is 9.47 Å². The average Bonchev–Trinajstić information content (AvgIpc) is 3.07. The Kier molecular flexibility index (Phi) is 8.44. The standard InChI is InChI=1S/C26H34N3O.BrH/c1-2-3-4-5-6-7-8-11-20-29-25-27-18-13-19-28(25)21-26(29,30)24-17-12-15-22-14-9-10-16-23(22)24;/h9-10,12-19,30H,2-8,11,20-21H2,1H3;1H/q+1;/p-1. The first-order valence-corrected chi connectivity index (χ1v) is 11.6. The maximum Gasteiger partial charge on any atom is 0.396 e. The number of anilines is 1. The van der Waals surface area contributed by atoms with E-state index in [4.69, 9.17) is 0 Å². The number of aliphatic hydroxyl groups is 1. The highest BCUT2D eigenvalue weighted by atomic mass is 79.9. The Balaban J connectivity index is 0.00000272. The predicted octanol–water partition coefficient (Wildman–Crippen LogP) is 2.33. The first kappa shape index (κ1) is 23.7. The summed E-state index contributed by atoms with van der Waals surface area (Å²) in [5, 5.41) is 14.3. The highest BCUT2D eigenvalue weighted by Crippen LogP contribution is 2.37. The largest absolute Gasteiger partial charge is 1.00 e. The molecule has 1 aromatic heterocycles. The molecule has 0 amide bonds. The lowest BCUT2D eigenvalue weighted by atomic mass is 9.95. The van der Waals surface area contributed by atoms with Crippen LogP contribution in [-0.4, -0.2) is 16.6 Å². The van der Waals surface area contributed by atoms with Crippen molar-refractivity contribution in [3.05, 3.63) is 66.5 Å². The van der Waals surface area contributed by atoms with Gasteiger partial charge in [0.25, 0.3) is 0 Å². The molecule has 4 nitrogen and oxygen atoms in total. The van der Waals surface area contributed by atoms with Crippen LogP contribution in [0.3, 0.4) is 0 Å². The van der Waals surface area contributed by atoms with Crippen molar-refractivity contribution < 1.29 is 26.7 Å². The zero-order chi connectivity index (χ0) is 20.8. The van der Waals surface area contributed by atoms with Gasteiger partial charge in [0.2, 0.25) is 5.72 Å². The Morgan fingerprint density at radius 1 is 0.935 bits per heavy atom. The molecule has 4 rings (SSSR count). The van der Waals surface area contributed by atoms with Gasteiger partial charge in [-0.15, -0.1) is 0 Å². The number of rotatable bonds is 10. The minimum absolute atomic E-state index is 0. The quantitative estimate of drug-likeness (QED) is 0.355. The molecule has 5 heteroatoms. The molecule has 31 heavy (non-hydrogen) atoms. The second-order valence-electron chi connectivity index (χ2n) is 8.52. The van der Waals surface area contributed by atoms with E-state index in [1.165, 1.54) is 44.9 Å². The van der Waals surface area contributed by atoms with Crippen LogP contribution in [0, 0.1) is 0 Å². The van der Waals surface area contributed by atoms with Crippen molar-refractivity contribution in [3.63, 3.8) is 0 Å². The zero-order valence-electron chi connectivity index (χ0n) is 18.5. The van der Waals surface area contributed by atoms with Crippen molar-refractivity contribution >= 4 is 16.7 Å². The molecule has 0 spiro atoms. The van der Waals surface area contributed by atoms with Gasteiger partial charge in [0.15, 0.2) is 0 Å². The Labute approximate surface area is 196 Å². The van der Waals surface area contributed by atoms with Crippen molar-refractivity contribution in [1.29, 1.82) is 0 Å². The van der Waals surface area contributed by atoms with E-state index in [0.29, 0.717) is 6.54 Å². The highest BCUT2D eigenvalue weighted by molar-refractivity contribution is 5.86. The lowest BCUT2D eigenvalue weighted by molar-refractivity contribution is -0.685. The summed E-state index contributed by atoms with van der Waals surface area (Å²) in [6.45, 7) is 3.57. The van der Waals surface area contributed by atoms with Crippen LogP contribution in [0.15, 0.2) is 60.9 Å². The molecule has 3 aromatic rings. The van der Waals surface area contributed by atoms with E-state index < -0.39 is 5.72 Å². The third-order valence-corrected chi connectivity index (χ3v) is 6.33. The lowest BCUT2D eigenvalue weighted by Crippen LogP contribution is -3.00. The topological polar surface area (TPSA) is 40.2 Å². The average molecular weight is 484 g/mol. The molecule has 0 aliphatic carbocycles. The lowest BCUT2D eigenvalue weighted by Gasteiger charge is -2.29. The van der Waals surface area contributed by atoms with Crippen LogP contribution in [0.25, 0.3) is 10.8 Å². The smallest absolute Gasteiger partial charge is 0.396 e. The summed E-state index contributed by atoms with van der Waals surface area (Å²) in [6.07, 6.45) is 14.0. The van der Waals surface area contributed by atoms with Gasteiger partial charge in [-0.1, -0.05) is 99.3 Å². The molecule has 2 aromatic carbocycles. The summed E-state index contributed by atoms with van der Waals surface area (Å²) >= 11 is 0. The van der Waals surface area contributed by atoms with E-state index in [1.807, 2.05) is 36.7 Å². The molecule has 0 saturated heterocycles. The molecule has 1 N–H and O–H groups in total. The normalized spacial score (nSPS) is 17.5. The molecule has 0 bridgehead atoms. The maximum absolute atomic E-state index is 12.0. The van der Waals surface area contributed by atoms with Crippen molar-refractivity contribution in [3.8, 4) is 0 Å². The minimum atomic E-state index is -1.08. The number of halogens is 1. The SMILES string of the molecule is CCCCCCCCCCN1c2nccc[n+]2CC1(O)c1cccc2ccccc12.[Br-]. The van der Waals surface area contributed by atoms with Gasteiger partial charge in [0.05, 0.1) is 12.7 Å². The number of fused-ring (bicyclic) bond motifs is 2. The van der Waals surface area contributed by atoms with Gasteiger partial charge in [-0.3, -0.25) is 0 Å². The van der Waals surface area contributed by atoms with Gasteiger partial charge in [-0.2, -0.15) is 0 Å². The second-order valence-corrected chi connectivity index (χ2v) is 8.52. The number of hydrogen-bond donors (Lipinski definition) is 1. The Hall–Kier alpha value is -1.98. The molecule has 2 heterocycles. The van der Waals surface area contributed by atoms with E-state index >= 15 is 0 Å². The number of nitrogens with zero attached hydrogens (tertiary/aromatic N) is 3. The number of aromatic nitrogens is 2. The maximum atomic E-state index is 12.0. The molecule has 0 saturated carbocycles. The molecule has 1 atom stereocenters. The van der Waals surface area contributed by atoms with Crippen LogP contribution < -0.4 is 26.4 Å². The zero-order valence-corrected chi connectivity index (χ0v) is 20.1. The van der Waals surface area contributed by atoms with Gasteiger partial charge in [0, 0.05) is 11.6 Å². The summed E-state index contributed by atoms with van der Waals surface area (Å²) in [4.78, 5) is 6.74. The molecule has 1 unspecified atom stereocenters. The third-order valence-electron chi connectivity index (χ3n) is 6.33. The fourth-order valence-electron chi connectivity index (χ4n) is 4.72. The number of benzene rings is 2. The van der Waals surface area contributed by atoms with E-state index in [0.717, 1.165) is 35.2 Å². The fourth-order valence-corrected chi connectivity index (χ4v) is 4.72. The molecular formula is C26H34BrN3O. The Morgan fingerprint density at radius 3 is 2.45 bits per heavy atom. The van der Waals surface area contributed by atoms with E-state index in [1.54, 1.807) is 0 Å². The van der Waals surface area contributed by atoms with Crippen LogP contribution in [0.1, 0.15) is 63.9 Å². The van der Waals surface area contributed by atoms with Crippen molar-refractivity contribution in [2.24, 2.45) is 0 Å².